The molecule has 3 N–H and O–H groups in total. The van der Waals surface area contributed by atoms with Crippen molar-refractivity contribution in [3.63, 3.8) is 0 Å². The first-order valence-corrected chi connectivity index (χ1v) is 6.78. The first-order valence-electron chi connectivity index (χ1n) is 6.40. The first kappa shape index (κ1) is 14.4. The number of nitrogen functional groups attached to an aromatic ring is 1. The fourth-order valence-corrected chi connectivity index (χ4v) is 2.11. The van der Waals surface area contributed by atoms with Crippen LogP contribution in [0.25, 0.3) is 0 Å². The maximum absolute atomic E-state index is 12.3. The Balaban J connectivity index is 2.15. The molecule has 0 spiro atoms. The fourth-order valence-electron chi connectivity index (χ4n) is 1.99. The molecule has 4 heteroatoms. The van der Waals surface area contributed by atoms with Gasteiger partial charge >= 0.3 is 0 Å². The van der Waals surface area contributed by atoms with E-state index in [4.69, 9.17) is 17.3 Å². The topological polar surface area (TPSA) is 55.1 Å². The summed E-state index contributed by atoms with van der Waals surface area (Å²) in [6, 6.07) is 12.7. The van der Waals surface area contributed by atoms with Crippen LogP contribution in [0.4, 0.5) is 5.69 Å². The van der Waals surface area contributed by atoms with E-state index in [1.54, 1.807) is 18.2 Å². The van der Waals surface area contributed by atoms with E-state index in [2.05, 4.69) is 5.32 Å². The van der Waals surface area contributed by atoms with Crippen LogP contribution in [0.15, 0.2) is 42.5 Å². The molecule has 0 aliphatic rings. The predicted octanol–water partition coefficient (Wildman–Crippen LogP) is 3.72. The Kier molecular flexibility index (Phi) is 4.30. The van der Waals surface area contributed by atoms with Gasteiger partial charge < -0.3 is 11.1 Å². The zero-order valence-corrected chi connectivity index (χ0v) is 12.2. The quantitative estimate of drug-likeness (QED) is 0.846. The van der Waals surface area contributed by atoms with Crippen LogP contribution in [0, 0.1) is 6.92 Å². The largest absolute Gasteiger partial charge is 0.398 e. The van der Waals surface area contributed by atoms with Gasteiger partial charge in [0.1, 0.15) is 0 Å². The average molecular weight is 289 g/mol. The number of hydrogen-bond acceptors (Lipinski definition) is 2. The summed E-state index contributed by atoms with van der Waals surface area (Å²) in [5, 5.41) is 3.61. The van der Waals surface area contributed by atoms with Gasteiger partial charge in [0.05, 0.1) is 11.6 Å². The lowest BCUT2D eigenvalue weighted by molar-refractivity contribution is 0.0940. The van der Waals surface area contributed by atoms with Gasteiger partial charge in [-0.15, -0.1) is 0 Å². The molecule has 2 aromatic carbocycles. The van der Waals surface area contributed by atoms with Gasteiger partial charge in [0.15, 0.2) is 0 Å². The van der Waals surface area contributed by atoms with Crippen molar-refractivity contribution >= 4 is 23.2 Å². The fraction of sp³-hybridized carbons (Fsp3) is 0.188. The zero-order valence-electron chi connectivity index (χ0n) is 11.5. The third-order valence-electron chi connectivity index (χ3n) is 3.29. The second-order valence-corrected chi connectivity index (χ2v) is 5.22. The molecule has 0 saturated carbocycles. The molecule has 1 atom stereocenters. The number of amides is 1. The molecular weight excluding hydrogens is 272 g/mol. The van der Waals surface area contributed by atoms with Gasteiger partial charge in [-0.2, -0.15) is 0 Å². The lowest BCUT2D eigenvalue weighted by Crippen LogP contribution is -2.27. The predicted molar refractivity (Wildman–Crippen MR) is 82.9 cm³/mol. The third kappa shape index (κ3) is 3.11. The lowest BCUT2D eigenvalue weighted by Gasteiger charge is -2.16. The van der Waals surface area contributed by atoms with E-state index in [0.717, 1.165) is 11.1 Å². The SMILES string of the molecule is Cc1cccc(C(=O)NC(C)c2ccc(Cl)cc2)c1N. The molecule has 3 nitrogen and oxygen atoms in total. The number of halogens is 1. The molecule has 0 heterocycles. The summed E-state index contributed by atoms with van der Waals surface area (Å²) in [5.74, 6) is -0.173. The molecule has 0 saturated heterocycles. The van der Waals surface area contributed by atoms with Crippen LogP contribution in [0.2, 0.25) is 5.02 Å². The van der Waals surface area contributed by atoms with Crippen molar-refractivity contribution in [1.82, 2.24) is 5.32 Å². The highest BCUT2D eigenvalue weighted by atomic mass is 35.5. The van der Waals surface area contributed by atoms with Crippen LogP contribution in [-0.4, -0.2) is 5.91 Å². The Labute approximate surface area is 123 Å². The molecule has 0 bridgehead atoms. The van der Waals surface area contributed by atoms with Gasteiger partial charge in [0.2, 0.25) is 0 Å². The molecular formula is C16H17ClN2O. The van der Waals surface area contributed by atoms with Crippen molar-refractivity contribution in [2.45, 2.75) is 19.9 Å². The van der Waals surface area contributed by atoms with Crippen LogP contribution < -0.4 is 11.1 Å². The zero-order chi connectivity index (χ0) is 14.7. The van der Waals surface area contributed by atoms with E-state index < -0.39 is 0 Å². The number of aryl methyl sites for hydroxylation is 1. The second-order valence-electron chi connectivity index (χ2n) is 4.78. The Morgan fingerprint density at radius 3 is 2.50 bits per heavy atom. The third-order valence-corrected chi connectivity index (χ3v) is 3.54. The number of rotatable bonds is 3. The molecule has 104 valence electrons. The van der Waals surface area contributed by atoms with Crippen molar-refractivity contribution in [2.24, 2.45) is 0 Å². The second kappa shape index (κ2) is 5.97. The summed E-state index contributed by atoms with van der Waals surface area (Å²) in [7, 11) is 0. The standard InChI is InChI=1S/C16H17ClN2O/c1-10-4-3-5-14(15(10)18)16(20)19-11(2)12-6-8-13(17)9-7-12/h3-9,11H,18H2,1-2H3,(H,19,20). The van der Waals surface area contributed by atoms with Crippen molar-refractivity contribution in [3.8, 4) is 0 Å². The maximum atomic E-state index is 12.3. The number of anilines is 1. The number of nitrogens with one attached hydrogen (secondary N) is 1. The smallest absolute Gasteiger partial charge is 0.253 e. The maximum Gasteiger partial charge on any atom is 0.253 e. The molecule has 0 aliphatic carbocycles. The summed E-state index contributed by atoms with van der Waals surface area (Å²) in [4.78, 5) is 12.3. The Morgan fingerprint density at radius 2 is 1.85 bits per heavy atom. The monoisotopic (exact) mass is 288 g/mol. The van der Waals surface area contributed by atoms with Gasteiger partial charge in [-0.1, -0.05) is 35.9 Å². The molecule has 0 aromatic heterocycles. The Bertz CT molecular complexity index is 623. The van der Waals surface area contributed by atoms with Crippen LogP contribution in [0.1, 0.15) is 34.5 Å². The molecule has 2 rings (SSSR count). The first-order chi connectivity index (χ1) is 9.49. The van der Waals surface area contributed by atoms with E-state index in [9.17, 15) is 4.79 Å². The van der Waals surface area contributed by atoms with E-state index in [1.165, 1.54) is 0 Å². The van der Waals surface area contributed by atoms with Crippen LogP contribution >= 0.6 is 11.6 Å². The number of carbonyl (C=O) groups excluding carboxylic acids is 1. The normalized spacial score (nSPS) is 11.9. The lowest BCUT2D eigenvalue weighted by atomic mass is 10.1. The summed E-state index contributed by atoms with van der Waals surface area (Å²) >= 11 is 5.85. The van der Waals surface area contributed by atoms with E-state index in [-0.39, 0.29) is 11.9 Å². The summed E-state index contributed by atoms with van der Waals surface area (Å²) in [5.41, 5.74) is 8.86. The number of carbonyl (C=O) groups is 1. The molecule has 0 radical (unpaired) electrons. The molecule has 2 aromatic rings. The summed E-state index contributed by atoms with van der Waals surface area (Å²) in [6.07, 6.45) is 0. The van der Waals surface area contributed by atoms with Gasteiger partial charge in [0.25, 0.3) is 5.91 Å². The van der Waals surface area contributed by atoms with Crippen molar-refractivity contribution < 1.29 is 4.79 Å². The van der Waals surface area contributed by atoms with Gasteiger partial charge in [-0.05, 0) is 43.2 Å². The van der Waals surface area contributed by atoms with Gasteiger partial charge in [0, 0.05) is 10.7 Å². The number of hydrogen-bond donors (Lipinski definition) is 2. The Hall–Kier alpha value is -2.00. The highest BCUT2D eigenvalue weighted by Crippen LogP contribution is 2.19. The number of para-hydroxylation sites is 1. The van der Waals surface area contributed by atoms with Crippen LogP contribution in [0.5, 0.6) is 0 Å². The number of nitrogens with two attached hydrogens (primary N) is 1. The van der Waals surface area contributed by atoms with E-state index in [1.807, 2.05) is 38.1 Å². The molecule has 1 unspecified atom stereocenters. The van der Waals surface area contributed by atoms with Crippen molar-refractivity contribution in [2.75, 3.05) is 5.73 Å². The van der Waals surface area contributed by atoms with Crippen LogP contribution in [-0.2, 0) is 0 Å². The molecule has 1 amide bonds. The average Bonchev–Trinajstić information content (AvgIpc) is 2.42. The van der Waals surface area contributed by atoms with Crippen molar-refractivity contribution in [1.29, 1.82) is 0 Å². The van der Waals surface area contributed by atoms with Gasteiger partial charge in [-0.3, -0.25) is 4.79 Å². The molecule has 20 heavy (non-hydrogen) atoms. The molecule has 0 aliphatic heterocycles. The minimum Gasteiger partial charge on any atom is -0.398 e. The minimum atomic E-state index is -0.173. The molecule has 0 fully saturated rings. The van der Waals surface area contributed by atoms with E-state index in [0.29, 0.717) is 16.3 Å². The van der Waals surface area contributed by atoms with E-state index >= 15 is 0 Å². The highest BCUT2D eigenvalue weighted by molar-refractivity contribution is 6.30. The Morgan fingerprint density at radius 1 is 1.20 bits per heavy atom. The minimum absolute atomic E-state index is 0.111. The number of benzene rings is 2. The highest BCUT2D eigenvalue weighted by Gasteiger charge is 2.14. The van der Waals surface area contributed by atoms with Gasteiger partial charge in [-0.25, -0.2) is 0 Å². The summed E-state index contributed by atoms with van der Waals surface area (Å²) in [6.45, 7) is 3.81. The van der Waals surface area contributed by atoms with Crippen LogP contribution in [0.3, 0.4) is 0 Å². The summed E-state index contributed by atoms with van der Waals surface area (Å²) < 4.78 is 0. The van der Waals surface area contributed by atoms with Crippen molar-refractivity contribution in [3.05, 3.63) is 64.2 Å².